The number of carbonyl (C=O) groups excluding carboxylic acids is 1. The quantitative estimate of drug-likeness (QED) is 0.369. The zero-order valence-corrected chi connectivity index (χ0v) is 11.9. The van der Waals surface area contributed by atoms with Crippen molar-refractivity contribution < 1.29 is 23.1 Å². The van der Waals surface area contributed by atoms with Crippen LogP contribution in [0.1, 0.15) is 6.42 Å². The lowest BCUT2D eigenvalue weighted by atomic mass is 10.1. The summed E-state index contributed by atoms with van der Waals surface area (Å²) in [6.45, 7) is 3.52. The van der Waals surface area contributed by atoms with E-state index in [2.05, 4.69) is 15.6 Å². The molecule has 2 atom stereocenters. The Balaban J connectivity index is 4.43. The van der Waals surface area contributed by atoms with E-state index in [0.717, 1.165) is 0 Å². The molecule has 0 unspecified atom stereocenters. The van der Waals surface area contributed by atoms with Gasteiger partial charge in [0.25, 0.3) is 0 Å². The Labute approximate surface area is 107 Å². The van der Waals surface area contributed by atoms with Crippen molar-refractivity contribution in [2.75, 3.05) is 27.5 Å². The molecular formula is C10H18ClO5P. The topological polar surface area (TPSA) is 61.8 Å². The van der Waals surface area contributed by atoms with Crippen molar-refractivity contribution in [2.45, 2.75) is 17.9 Å². The lowest BCUT2D eigenvalue weighted by Gasteiger charge is -2.18. The van der Waals surface area contributed by atoms with Crippen molar-refractivity contribution in [1.29, 1.82) is 0 Å². The summed E-state index contributed by atoms with van der Waals surface area (Å²) >= 11 is 5.89. The van der Waals surface area contributed by atoms with E-state index >= 15 is 0 Å². The highest BCUT2D eigenvalue weighted by Crippen LogP contribution is 2.46. The molecule has 0 aromatic rings. The molecular weight excluding hydrogens is 267 g/mol. The van der Waals surface area contributed by atoms with Crippen LogP contribution in [0.25, 0.3) is 0 Å². The van der Waals surface area contributed by atoms with Crippen LogP contribution in [0.5, 0.6) is 0 Å². The van der Waals surface area contributed by atoms with E-state index < -0.39 is 19.1 Å². The lowest BCUT2D eigenvalue weighted by molar-refractivity contribution is -0.119. The van der Waals surface area contributed by atoms with Gasteiger partial charge in [-0.3, -0.25) is 9.36 Å². The molecule has 7 heteroatoms. The van der Waals surface area contributed by atoms with E-state index in [9.17, 15) is 9.36 Å². The van der Waals surface area contributed by atoms with Crippen LogP contribution in [0.4, 0.5) is 0 Å². The van der Waals surface area contributed by atoms with Crippen molar-refractivity contribution in [1.82, 2.24) is 0 Å². The van der Waals surface area contributed by atoms with E-state index in [-0.39, 0.29) is 18.4 Å². The molecule has 0 radical (unpaired) electrons. The molecule has 0 bridgehead atoms. The molecule has 0 heterocycles. The number of rotatable bonds is 9. The van der Waals surface area contributed by atoms with Gasteiger partial charge in [0.2, 0.25) is 0 Å². The Bertz CT molecular complexity index is 299. The molecule has 100 valence electrons. The molecule has 0 aliphatic heterocycles. The second-order valence-corrected chi connectivity index (χ2v) is 6.10. The maximum absolute atomic E-state index is 11.7. The Morgan fingerprint density at radius 2 is 1.94 bits per heavy atom. The van der Waals surface area contributed by atoms with Gasteiger partial charge in [-0.1, -0.05) is 6.08 Å². The monoisotopic (exact) mass is 284 g/mol. The lowest BCUT2D eigenvalue weighted by Crippen LogP contribution is -2.26. The molecule has 0 aromatic heterocycles. The highest BCUT2D eigenvalue weighted by atomic mass is 35.5. The number of hydrogen-bond donors (Lipinski definition) is 0. The highest BCUT2D eigenvalue weighted by Gasteiger charge is 2.28. The molecule has 0 saturated heterocycles. The molecule has 17 heavy (non-hydrogen) atoms. The summed E-state index contributed by atoms with van der Waals surface area (Å²) in [4.78, 5) is 11.7. The average Bonchev–Trinajstić information content (AvgIpc) is 2.34. The Kier molecular flexibility index (Phi) is 7.92. The van der Waals surface area contributed by atoms with Gasteiger partial charge in [-0.15, -0.1) is 18.2 Å². The van der Waals surface area contributed by atoms with Crippen LogP contribution < -0.4 is 0 Å². The third-order valence-electron chi connectivity index (χ3n) is 2.24. The van der Waals surface area contributed by atoms with Gasteiger partial charge in [0.1, 0.15) is 11.9 Å². The minimum Gasteiger partial charge on any atom is -0.379 e. The molecule has 0 spiro atoms. The van der Waals surface area contributed by atoms with E-state index in [1.165, 1.54) is 27.4 Å². The van der Waals surface area contributed by atoms with Crippen LogP contribution in [-0.2, 0) is 23.1 Å². The van der Waals surface area contributed by atoms with Crippen LogP contribution in [0.3, 0.4) is 0 Å². The maximum Gasteiger partial charge on any atom is 0.337 e. The SMILES string of the molecule is C=C[C@@H](Cl)[C@@H](CC(=O)CP(=O)(OC)OC)OC. The minimum absolute atomic E-state index is 0.0351. The van der Waals surface area contributed by atoms with E-state index in [4.69, 9.17) is 16.3 Å². The molecule has 0 fully saturated rings. The zero-order valence-electron chi connectivity index (χ0n) is 10.2. The number of ketones is 1. The van der Waals surface area contributed by atoms with Crippen molar-refractivity contribution >= 4 is 25.0 Å². The van der Waals surface area contributed by atoms with Gasteiger partial charge in [0.15, 0.2) is 0 Å². The van der Waals surface area contributed by atoms with Crippen LogP contribution in [0.2, 0.25) is 0 Å². The first-order valence-corrected chi connectivity index (χ1v) is 7.10. The summed E-state index contributed by atoms with van der Waals surface area (Å²) in [7, 11) is 0.602. The molecule has 0 aromatic carbocycles. The summed E-state index contributed by atoms with van der Waals surface area (Å²) in [5, 5.41) is -0.478. The third kappa shape index (κ3) is 5.80. The summed E-state index contributed by atoms with van der Waals surface area (Å²) in [6.07, 6.45) is 0.729. The summed E-state index contributed by atoms with van der Waals surface area (Å²) in [5.41, 5.74) is 0. The first-order valence-electron chi connectivity index (χ1n) is 4.94. The van der Waals surface area contributed by atoms with Crippen LogP contribution in [0, 0.1) is 0 Å². The van der Waals surface area contributed by atoms with E-state index in [1.807, 2.05) is 0 Å². The number of methoxy groups -OCH3 is 1. The van der Waals surface area contributed by atoms with E-state index in [0.29, 0.717) is 0 Å². The van der Waals surface area contributed by atoms with Gasteiger partial charge in [-0.25, -0.2) is 0 Å². The van der Waals surface area contributed by atoms with Gasteiger partial charge in [-0.2, -0.15) is 0 Å². The molecule has 0 amide bonds. The normalized spacial score (nSPS) is 15.3. The molecule has 5 nitrogen and oxygen atoms in total. The number of halogens is 1. The fraction of sp³-hybridized carbons (Fsp3) is 0.700. The van der Waals surface area contributed by atoms with Crippen LogP contribution >= 0.6 is 19.2 Å². The first-order chi connectivity index (χ1) is 7.92. The number of hydrogen-bond acceptors (Lipinski definition) is 5. The van der Waals surface area contributed by atoms with Crippen LogP contribution in [0.15, 0.2) is 12.7 Å². The number of alkyl halides is 1. The number of Topliss-reactive ketones (excluding diaryl/α,β-unsaturated/α-hetero) is 1. The summed E-state index contributed by atoms with van der Waals surface area (Å²) in [6, 6.07) is 0. The Morgan fingerprint density at radius 3 is 2.29 bits per heavy atom. The van der Waals surface area contributed by atoms with Gasteiger partial charge < -0.3 is 13.8 Å². The van der Waals surface area contributed by atoms with Crippen LogP contribution in [-0.4, -0.2) is 44.8 Å². The summed E-state index contributed by atoms with van der Waals surface area (Å²) < 4.78 is 26.1. The third-order valence-corrected chi connectivity index (χ3v) is 4.55. The molecule has 0 rings (SSSR count). The standard InChI is InChI=1S/C10H18ClO5P/c1-5-9(11)10(14-2)6-8(12)7-17(13,15-3)16-4/h5,9-10H,1,6-7H2,2-4H3/t9-,10-/m1/s1. The second-order valence-electron chi connectivity index (χ2n) is 3.33. The predicted molar refractivity (Wildman–Crippen MR) is 66.8 cm³/mol. The molecule has 0 aliphatic rings. The Morgan fingerprint density at radius 1 is 1.41 bits per heavy atom. The van der Waals surface area contributed by atoms with Crippen molar-refractivity contribution in [3.63, 3.8) is 0 Å². The predicted octanol–water partition coefficient (Wildman–Crippen LogP) is 2.24. The first kappa shape index (κ1) is 16.8. The zero-order chi connectivity index (χ0) is 13.5. The highest BCUT2D eigenvalue weighted by molar-refractivity contribution is 7.54. The van der Waals surface area contributed by atoms with Gasteiger partial charge in [0.05, 0.1) is 11.5 Å². The fourth-order valence-corrected chi connectivity index (χ4v) is 2.35. The van der Waals surface area contributed by atoms with Gasteiger partial charge in [0, 0.05) is 27.8 Å². The molecule has 0 N–H and O–H groups in total. The number of ether oxygens (including phenoxy) is 1. The second kappa shape index (κ2) is 8.01. The largest absolute Gasteiger partial charge is 0.379 e. The minimum atomic E-state index is -3.32. The Hall–Kier alpha value is -0.190. The molecule has 0 saturated carbocycles. The van der Waals surface area contributed by atoms with Crippen molar-refractivity contribution in [2.24, 2.45) is 0 Å². The van der Waals surface area contributed by atoms with Crippen molar-refractivity contribution in [3.8, 4) is 0 Å². The number of carbonyl (C=O) groups is 1. The molecule has 0 aliphatic carbocycles. The van der Waals surface area contributed by atoms with E-state index in [1.54, 1.807) is 0 Å². The average molecular weight is 285 g/mol. The fourth-order valence-electron chi connectivity index (χ4n) is 1.19. The van der Waals surface area contributed by atoms with Gasteiger partial charge >= 0.3 is 7.60 Å². The summed E-state index contributed by atoms with van der Waals surface area (Å²) in [5.74, 6) is -0.295. The smallest absolute Gasteiger partial charge is 0.337 e. The maximum atomic E-state index is 11.7. The van der Waals surface area contributed by atoms with Gasteiger partial charge in [-0.05, 0) is 0 Å². The van der Waals surface area contributed by atoms with Crippen molar-refractivity contribution in [3.05, 3.63) is 12.7 Å².